The zero-order chi connectivity index (χ0) is 18.7. The van der Waals surface area contributed by atoms with Crippen LogP contribution in [0.25, 0.3) is 11.1 Å². The molecule has 0 fully saturated rings. The second-order valence-corrected chi connectivity index (χ2v) is 5.82. The molecule has 0 aliphatic rings. The van der Waals surface area contributed by atoms with Crippen molar-refractivity contribution in [2.45, 2.75) is 19.6 Å². The highest BCUT2D eigenvalue weighted by Gasteiger charge is 2.35. The molecule has 7 heteroatoms. The van der Waals surface area contributed by atoms with E-state index in [1.165, 1.54) is 6.92 Å². The SMILES string of the molecule is Cc1cc(C(F)(F)F)n(CC(=O)Nc2ccc(-c3ccccc3)cc2)n1. The van der Waals surface area contributed by atoms with Crippen molar-refractivity contribution in [3.63, 3.8) is 0 Å². The van der Waals surface area contributed by atoms with Crippen molar-refractivity contribution in [3.8, 4) is 11.1 Å². The van der Waals surface area contributed by atoms with E-state index in [2.05, 4.69) is 10.4 Å². The summed E-state index contributed by atoms with van der Waals surface area (Å²) >= 11 is 0. The van der Waals surface area contributed by atoms with Crippen LogP contribution in [0.5, 0.6) is 0 Å². The number of halogens is 3. The summed E-state index contributed by atoms with van der Waals surface area (Å²) in [7, 11) is 0. The Balaban J connectivity index is 1.69. The van der Waals surface area contributed by atoms with E-state index in [0.29, 0.717) is 10.4 Å². The van der Waals surface area contributed by atoms with Crippen LogP contribution in [0.2, 0.25) is 0 Å². The lowest BCUT2D eigenvalue weighted by molar-refractivity contribution is -0.144. The van der Waals surface area contributed by atoms with Gasteiger partial charge < -0.3 is 5.32 Å². The highest BCUT2D eigenvalue weighted by molar-refractivity contribution is 5.90. The zero-order valence-corrected chi connectivity index (χ0v) is 13.9. The maximum absolute atomic E-state index is 13.0. The maximum Gasteiger partial charge on any atom is 0.433 e. The van der Waals surface area contributed by atoms with Gasteiger partial charge >= 0.3 is 6.18 Å². The predicted octanol–water partition coefficient (Wildman–Crippen LogP) is 4.52. The summed E-state index contributed by atoms with van der Waals surface area (Å²) in [6.45, 7) is 0.940. The molecule has 3 aromatic rings. The molecule has 0 saturated heterocycles. The Bertz CT molecular complexity index is 900. The number of anilines is 1. The molecular weight excluding hydrogens is 343 g/mol. The maximum atomic E-state index is 13.0. The van der Waals surface area contributed by atoms with Gasteiger partial charge in [0, 0.05) is 5.69 Å². The fourth-order valence-corrected chi connectivity index (χ4v) is 2.61. The van der Waals surface area contributed by atoms with Gasteiger partial charge in [0.1, 0.15) is 12.2 Å². The Kier molecular flexibility index (Phi) is 4.79. The molecule has 26 heavy (non-hydrogen) atoms. The average molecular weight is 359 g/mol. The molecule has 4 nitrogen and oxygen atoms in total. The van der Waals surface area contributed by atoms with Crippen LogP contribution in [0.1, 0.15) is 11.4 Å². The van der Waals surface area contributed by atoms with Crippen LogP contribution in [0.3, 0.4) is 0 Å². The molecular formula is C19H16F3N3O. The van der Waals surface area contributed by atoms with Gasteiger partial charge in [0.2, 0.25) is 5.91 Å². The number of hydrogen-bond donors (Lipinski definition) is 1. The average Bonchev–Trinajstić information content (AvgIpc) is 2.97. The molecule has 0 spiro atoms. The third-order valence-corrected chi connectivity index (χ3v) is 3.76. The minimum Gasteiger partial charge on any atom is -0.324 e. The number of aromatic nitrogens is 2. The Morgan fingerprint density at radius 3 is 2.27 bits per heavy atom. The molecule has 3 rings (SSSR count). The first-order valence-electron chi connectivity index (χ1n) is 7.90. The number of carbonyl (C=O) groups excluding carboxylic acids is 1. The van der Waals surface area contributed by atoms with E-state index in [1.54, 1.807) is 12.1 Å². The van der Waals surface area contributed by atoms with E-state index in [1.807, 2.05) is 42.5 Å². The third-order valence-electron chi connectivity index (χ3n) is 3.76. The van der Waals surface area contributed by atoms with Crippen LogP contribution in [-0.2, 0) is 17.5 Å². The minimum absolute atomic E-state index is 0.206. The molecule has 0 atom stereocenters. The lowest BCUT2D eigenvalue weighted by Crippen LogP contribution is -2.23. The van der Waals surface area contributed by atoms with Gasteiger partial charge in [0.15, 0.2) is 0 Å². The highest BCUT2D eigenvalue weighted by Crippen LogP contribution is 2.29. The molecule has 0 radical (unpaired) electrons. The Hall–Kier alpha value is -3.09. The first-order valence-corrected chi connectivity index (χ1v) is 7.90. The molecule has 1 heterocycles. The summed E-state index contributed by atoms with van der Waals surface area (Å²) in [6.07, 6.45) is -4.56. The van der Waals surface area contributed by atoms with Crippen LogP contribution in [0.15, 0.2) is 60.7 Å². The van der Waals surface area contributed by atoms with Gasteiger partial charge in [0.05, 0.1) is 5.69 Å². The summed E-state index contributed by atoms with van der Waals surface area (Å²) in [6, 6.07) is 17.7. The predicted molar refractivity (Wildman–Crippen MR) is 92.5 cm³/mol. The fourth-order valence-electron chi connectivity index (χ4n) is 2.61. The number of carbonyl (C=O) groups is 1. The summed E-state index contributed by atoms with van der Waals surface area (Å²) in [4.78, 5) is 12.1. The number of nitrogens with zero attached hydrogens (tertiary/aromatic N) is 2. The molecule has 1 amide bonds. The third kappa shape index (κ3) is 4.11. The number of hydrogen-bond acceptors (Lipinski definition) is 2. The molecule has 1 aromatic heterocycles. The van der Waals surface area contributed by atoms with Crippen LogP contribution in [-0.4, -0.2) is 15.7 Å². The summed E-state index contributed by atoms with van der Waals surface area (Å²) in [5, 5.41) is 6.34. The van der Waals surface area contributed by atoms with Crippen molar-refractivity contribution in [1.29, 1.82) is 0 Å². The summed E-state index contributed by atoms with van der Waals surface area (Å²) < 4.78 is 39.5. The van der Waals surface area contributed by atoms with E-state index in [-0.39, 0.29) is 5.69 Å². The largest absolute Gasteiger partial charge is 0.433 e. The van der Waals surface area contributed by atoms with E-state index < -0.39 is 24.3 Å². The highest BCUT2D eigenvalue weighted by atomic mass is 19.4. The lowest BCUT2D eigenvalue weighted by Gasteiger charge is -2.11. The number of rotatable bonds is 4. The molecule has 0 saturated carbocycles. The second kappa shape index (κ2) is 7.03. The smallest absolute Gasteiger partial charge is 0.324 e. The van der Waals surface area contributed by atoms with Crippen molar-refractivity contribution in [2.24, 2.45) is 0 Å². The van der Waals surface area contributed by atoms with Crippen LogP contribution in [0.4, 0.5) is 18.9 Å². The Morgan fingerprint density at radius 1 is 1.04 bits per heavy atom. The van der Waals surface area contributed by atoms with Crippen molar-refractivity contribution in [3.05, 3.63) is 72.1 Å². The van der Waals surface area contributed by atoms with E-state index in [9.17, 15) is 18.0 Å². The summed E-state index contributed by atoms with van der Waals surface area (Å²) in [5.41, 5.74) is 1.78. The Labute approximate surface area is 148 Å². The van der Waals surface area contributed by atoms with Gasteiger partial charge in [-0.05, 0) is 36.2 Å². The lowest BCUT2D eigenvalue weighted by atomic mass is 10.1. The fraction of sp³-hybridized carbons (Fsp3) is 0.158. The number of benzene rings is 2. The molecule has 0 bridgehead atoms. The topological polar surface area (TPSA) is 46.9 Å². The molecule has 0 aliphatic heterocycles. The molecule has 0 aliphatic carbocycles. The standard InChI is InChI=1S/C19H16F3N3O/c1-13-11-17(19(20,21)22)25(24-13)12-18(26)23-16-9-7-15(8-10-16)14-5-3-2-4-6-14/h2-11H,12H2,1H3,(H,23,26). The van der Waals surface area contributed by atoms with Crippen LogP contribution in [0, 0.1) is 6.92 Å². The monoisotopic (exact) mass is 359 g/mol. The first kappa shape index (κ1) is 17.7. The quantitative estimate of drug-likeness (QED) is 0.745. The van der Waals surface area contributed by atoms with Crippen molar-refractivity contribution >= 4 is 11.6 Å². The van der Waals surface area contributed by atoms with Gasteiger partial charge in [-0.2, -0.15) is 18.3 Å². The van der Waals surface area contributed by atoms with Crippen LogP contribution >= 0.6 is 0 Å². The molecule has 2 aromatic carbocycles. The van der Waals surface area contributed by atoms with Crippen LogP contribution < -0.4 is 5.32 Å². The van der Waals surface area contributed by atoms with Crippen molar-refractivity contribution in [2.75, 3.05) is 5.32 Å². The van der Waals surface area contributed by atoms with E-state index in [0.717, 1.165) is 17.2 Å². The van der Waals surface area contributed by atoms with E-state index in [4.69, 9.17) is 0 Å². The summed E-state index contributed by atoms with van der Waals surface area (Å²) in [5.74, 6) is -0.578. The zero-order valence-electron chi connectivity index (χ0n) is 13.9. The number of amides is 1. The normalized spacial score (nSPS) is 11.4. The van der Waals surface area contributed by atoms with Crippen molar-refractivity contribution < 1.29 is 18.0 Å². The van der Waals surface area contributed by atoms with E-state index >= 15 is 0 Å². The number of alkyl halides is 3. The number of aryl methyl sites for hydroxylation is 1. The van der Waals surface area contributed by atoms with Gasteiger partial charge in [-0.15, -0.1) is 0 Å². The van der Waals surface area contributed by atoms with Gasteiger partial charge in [-0.1, -0.05) is 42.5 Å². The van der Waals surface area contributed by atoms with Gasteiger partial charge in [-0.25, -0.2) is 0 Å². The number of nitrogens with one attached hydrogen (secondary N) is 1. The van der Waals surface area contributed by atoms with Crippen molar-refractivity contribution in [1.82, 2.24) is 9.78 Å². The molecule has 134 valence electrons. The second-order valence-electron chi connectivity index (χ2n) is 5.82. The minimum atomic E-state index is -4.56. The van der Waals surface area contributed by atoms with Gasteiger partial charge in [-0.3, -0.25) is 9.48 Å². The molecule has 0 unspecified atom stereocenters. The molecule has 1 N–H and O–H groups in total. The van der Waals surface area contributed by atoms with Gasteiger partial charge in [0.25, 0.3) is 0 Å². The first-order chi connectivity index (χ1) is 12.3. The Morgan fingerprint density at radius 2 is 1.65 bits per heavy atom.